The molecule has 2 unspecified atom stereocenters. The fourth-order valence-electron chi connectivity index (χ4n) is 3.87. The van der Waals surface area contributed by atoms with Crippen molar-refractivity contribution >= 4 is 11.6 Å². The maximum absolute atomic E-state index is 6.85. The number of alkyl halides is 1. The van der Waals surface area contributed by atoms with Gasteiger partial charge in [-0.2, -0.15) is 0 Å². The van der Waals surface area contributed by atoms with Crippen molar-refractivity contribution in [2.24, 2.45) is 10.8 Å². The van der Waals surface area contributed by atoms with E-state index in [4.69, 9.17) is 11.6 Å². The lowest BCUT2D eigenvalue weighted by Crippen LogP contribution is -3.00. The first-order valence-corrected chi connectivity index (χ1v) is 6.01. The van der Waals surface area contributed by atoms with Crippen LogP contribution in [0.25, 0.3) is 0 Å². The van der Waals surface area contributed by atoms with E-state index in [0.29, 0.717) is 5.41 Å². The lowest BCUT2D eigenvalue weighted by molar-refractivity contribution is -0.906. The summed E-state index contributed by atoms with van der Waals surface area (Å²) in [7, 11) is 4.63. The van der Waals surface area contributed by atoms with Crippen LogP contribution in [0, 0.1) is 10.8 Å². The second kappa shape index (κ2) is 3.49. The number of piperidine rings is 1. The van der Waals surface area contributed by atoms with Gasteiger partial charge in [0, 0.05) is 10.8 Å². The predicted octanol–water partition coefficient (Wildman–Crippen LogP) is -0.116. The van der Waals surface area contributed by atoms with Crippen LogP contribution >= 0.6 is 11.6 Å². The SMILES string of the molecule is CC12CCC(Cl)(C[N+](C)(C)C1)C2(C)C.[I-]. The van der Waals surface area contributed by atoms with Crippen molar-refractivity contribution in [2.45, 2.75) is 38.5 Å². The molecule has 0 aromatic rings. The first-order valence-electron chi connectivity index (χ1n) is 5.63. The zero-order valence-corrected chi connectivity index (χ0v) is 13.4. The number of nitrogens with zero attached hydrogens (tertiary/aromatic N) is 1. The Morgan fingerprint density at radius 3 is 2.00 bits per heavy atom. The van der Waals surface area contributed by atoms with E-state index in [2.05, 4.69) is 34.9 Å². The Morgan fingerprint density at radius 1 is 1.00 bits per heavy atom. The molecule has 15 heavy (non-hydrogen) atoms. The van der Waals surface area contributed by atoms with E-state index in [-0.39, 0.29) is 34.3 Å². The van der Waals surface area contributed by atoms with Gasteiger partial charge in [0.25, 0.3) is 0 Å². The summed E-state index contributed by atoms with van der Waals surface area (Å²) in [5, 5.41) is 0. The molecule has 0 aromatic heterocycles. The monoisotopic (exact) mass is 343 g/mol. The molecule has 2 rings (SSSR count). The Hall–Kier alpha value is 0.980. The van der Waals surface area contributed by atoms with Crippen LogP contribution in [0.1, 0.15) is 33.6 Å². The second-order valence-corrected chi connectivity index (χ2v) is 7.63. The van der Waals surface area contributed by atoms with E-state index in [0.717, 1.165) is 11.0 Å². The molecule has 1 nitrogen and oxygen atoms in total. The molecule has 1 heterocycles. The second-order valence-electron chi connectivity index (χ2n) is 6.90. The van der Waals surface area contributed by atoms with Gasteiger partial charge in [-0.25, -0.2) is 0 Å². The molecule has 1 saturated carbocycles. The first-order chi connectivity index (χ1) is 6.12. The minimum Gasteiger partial charge on any atom is -1.00 e. The molecule has 0 amide bonds. The van der Waals surface area contributed by atoms with E-state index in [1.54, 1.807) is 0 Å². The molecular formula is C12H23ClIN. The van der Waals surface area contributed by atoms with Crippen molar-refractivity contribution in [3.63, 3.8) is 0 Å². The maximum atomic E-state index is 6.85. The largest absolute Gasteiger partial charge is 1.00 e. The maximum Gasteiger partial charge on any atom is 0.0992 e. The van der Waals surface area contributed by atoms with Gasteiger partial charge in [-0.05, 0) is 12.8 Å². The van der Waals surface area contributed by atoms with E-state index in [1.807, 2.05) is 0 Å². The number of hydrogen-bond acceptors (Lipinski definition) is 0. The summed E-state index contributed by atoms with van der Waals surface area (Å²) in [5.74, 6) is 0. The fourth-order valence-corrected chi connectivity index (χ4v) is 4.52. The molecule has 1 saturated heterocycles. The number of rotatable bonds is 0. The van der Waals surface area contributed by atoms with Crippen LogP contribution in [0.2, 0.25) is 0 Å². The van der Waals surface area contributed by atoms with Gasteiger partial charge < -0.3 is 28.5 Å². The van der Waals surface area contributed by atoms with Crippen LogP contribution in [0.4, 0.5) is 0 Å². The molecule has 0 spiro atoms. The fraction of sp³-hybridized carbons (Fsp3) is 1.00. The summed E-state index contributed by atoms with van der Waals surface area (Å²) in [5.41, 5.74) is 0.714. The van der Waals surface area contributed by atoms with Gasteiger partial charge in [-0.15, -0.1) is 11.6 Å². The van der Waals surface area contributed by atoms with Crippen molar-refractivity contribution in [1.29, 1.82) is 0 Å². The average Bonchev–Trinajstić information content (AvgIpc) is 2.12. The van der Waals surface area contributed by atoms with Gasteiger partial charge in [0.05, 0.1) is 32.1 Å². The lowest BCUT2D eigenvalue weighted by Gasteiger charge is -2.55. The minimum atomic E-state index is 0. The Balaban J connectivity index is 0.00000112. The third-order valence-corrected chi connectivity index (χ3v) is 5.94. The Bertz CT molecular complexity index is 253. The lowest BCUT2D eigenvalue weighted by atomic mass is 9.62. The number of quaternary nitrogens is 1. The summed E-state index contributed by atoms with van der Waals surface area (Å²) in [6, 6.07) is 0. The molecule has 90 valence electrons. The Labute approximate surface area is 116 Å². The zero-order chi connectivity index (χ0) is 10.8. The molecule has 2 fully saturated rings. The highest BCUT2D eigenvalue weighted by Crippen LogP contribution is 2.64. The number of fused-ring (bicyclic) bond motifs is 2. The number of halogens is 2. The predicted molar refractivity (Wildman–Crippen MR) is 61.5 cm³/mol. The quantitative estimate of drug-likeness (QED) is 0.327. The van der Waals surface area contributed by atoms with Gasteiger partial charge in [-0.1, -0.05) is 20.8 Å². The van der Waals surface area contributed by atoms with Gasteiger partial charge in [0.15, 0.2) is 0 Å². The smallest absolute Gasteiger partial charge is 0.0992 e. The molecule has 0 aromatic carbocycles. The molecule has 2 bridgehead atoms. The molecule has 0 N–H and O–H groups in total. The zero-order valence-electron chi connectivity index (χ0n) is 10.5. The normalized spacial score (nSPS) is 46.0. The van der Waals surface area contributed by atoms with Crippen molar-refractivity contribution < 1.29 is 28.5 Å². The van der Waals surface area contributed by atoms with Crippen LogP contribution in [-0.4, -0.2) is 36.5 Å². The van der Waals surface area contributed by atoms with E-state index in [1.165, 1.54) is 19.4 Å². The Kier molecular flexibility index (Phi) is 3.26. The number of hydrogen-bond donors (Lipinski definition) is 0. The third-order valence-electron chi connectivity index (χ3n) is 5.16. The van der Waals surface area contributed by atoms with Gasteiger partial charge in [-0.3, -0.25) is 0 Å². The molecule has 1 aliphatic heterocycles. The third kappa shape index (κ3) is 1.75. The molecule has 0 radical (unpaired) electrons. The topological polar surface area (TPSA) is 0 Å². The van der Waals surface area contributed by atoms with Crippen LogP contribution in [-0.2, 0) is 0 Å². The van der Waals surface area contributed by atoms with Crippen molar-refractivity contribution in [3.05, 3.63) is 0 Å². The van der Waals surface area contributed by atoms with E-state index in [9.17, 15) is 0 Å². The average molecular weight is 344 g/mol. The summed E-state index contributed by atoms with van der Waals surface area (Å²) in [6.07, 6.45) is 2.49. The summed E-state index contributed by atoms with van der Waals surface area (Å²) < 4.78 is 1.09. The van der Waals surface area contributed by atoms with E-state index < -0.39 is 0 Å². The first kappa shape index (κ1) is 14.0. The number of likely N-dealkylation sites (tertiary alicyclic amines) is 1. The Morgan fingerprint density at radius 2 is 1.53 bits per heavy atom. The van der Waals surface area contributed by atoms with Gasteiger partial charge in [0.2, 0.25) is 0 Å². The highest BCUT2D eigenvalue weighted by molar-refractivity contribution is 6.25. The molecule has 2 atom stereocenters. The van der Waals surface area contributed by atoms with Crippen molar-refractivity contribution in [1.82, 2.24) is 0 Å². The van der Waals surface area contributed by atoms with Crippen LogP contribution in [0.3, 0.4) is 0 Å². The molecule has 1 aliphatic carbocycles. The van der Waals surface area contributed by atoms with Gasteiger partial charge in [0.1, 0.15) is 0 Å². The highest BCUT2D eigenvalue weighted by atomic mass is 127. The minimum absolute atomic E-state index is 0. The van der Waals surface area contributed by atoms with Crippen molar-refractivity contribution in [3.8, 4) is 0 Å². The van der Waals surface area contributed by atoms with Crippen LogP contribution in [0.15, 0.2) is 0 Å². The van der Waals surface area contributed by atoms with Crippen LogP contribution in [0.5, 0.6) is 0 Å². The van der Waals surface area contributed by atoms with Gasteiger partial charge >= 0.3 is 0 Å². The highest BCUT2D eigenvalue weighted by Gasteiger charge is 2.67. The van der Waals surface area contributed by atoms with Crippen molar-refractivity contribution in [2.75, 3.05) is 27.2 Å². The standard InChI is InChI=1S/C12H23ClN.HI/c1-10(2)11(3)6-7-12(10,13)9-14(4,5)8-11;/h6-9H2,1-5H3;1H/q+1;/p-1. The molecule has 2 aliphatic rings. The summed E-state index contributed by atoms with van der Waals surface area (Å²) in [6.45, 7) is 9.56. The van der Waals surface area contributed by atoms with Crippen LogP contribution < -0.4 is 24.0 Å². The summed E-state index contributed by atoms with van der Waals surface area (Å²) in [4.78, 5) is 0.0313. The molecular weight excluding hydrogens is 320 g/mol. The summed E-state index contributed by atoms with van der Waals surface area (Å²) >= 11 is 6.85. The van der Waals surface area contributed by atoms with E-state index >= 15 is 0 Å². The molecule has 3 heteroatoms.